The van der Waals surface area contributed by atoms with Crippen molar-refractivity contribution in [2.24, 2.45) is 0 Å². The lowest BCUT2D eigenvalue weighted by molar-refractivity contribution is 0.417. The number of nitriles is 1. The van der Waals surface area contributed by atoms with Crippen LogP contribution in [-0.2, 0) is 0 Å². The van der Waals surface area contributed by atoms with Crippen molar-refractivity contribution < 1.29 is 4.74 Å². The van der Waals surface area contributed by atoms with Crippen molar-refractivity contribution in [3.05, 3.63) is 23.8 Å². The topological polar surface area (TPSA) is 59.0 Å². The van der Waals surface area contributed by atoms with Crippen LogP contribution in [0.1, 0.15) is 5.56 Å². The summed E-state index contributed by atoms with van der Waals surface area (Å²) in [5.74, 6) is 5.52. The van der Waals surface area contributed by atoms with Gasteiger partial charge in [-0.2, -0.15) is 5.26 Å². The summed E-state index contributed by atoms with van der Waals surface area (Å²) >= 11 is 0. The quantitative estimate of drug-likeness (QED) is 0.510. The number of nitrogens with two attached hydrogens (primary N) is 1. The number of hydrogen-bond donors (Lipinski definition) is 1. The second-order valence-corrected chi connectivity index (χ2v) is 2.32. The summed E-state index contributed by atoms with van der Waals surface area (Å²) in [6.07, 6.45) is 0. The van der Waals surface area contributed by atoms with Gasteiger partial charge in [0.2, 0.25) is 0 Å². The molecule has 13 heavy (non-hydrogen) atoms. The number of nitrogens with zero attached hydrogens (tertiary/aromatic N) is 1. The van der Waals surface area contributed by atoms with Gasteiger partial charge in [0.25, 0.3) is 0 Å². The molecular weight excluding hydrogens is 164 g/mol. The normalized spacial score (nSPS) is 8.00. The minimum Gasteiger partial charge on any atom is -0.495 e. The number of ether oxygens (including phenoxy) is 1. The average Bonchev–Trinajstić information content (AvgIpc) is 2.16. The van der Waals surface area contributed by atoms with E-state index in [1.54, 1.807) is 24.3 Å². The summed E-state index contributed by atoms with van der Waals surface area (Å²) in [4.78, 5) is 0. The first-order valence-corrected chi connectivity index (χ1v) is 3.61. The Morgan fingerprint density at radius 3 is 2.85 bits per heavy atom. The zero-order chi connectivity index (χ0) is 9.68. The molecule has 0 aliphatic heterocycles. The Balaban J connectivity index is 3.08. The molecule has 3 nitrogen and oxygen atoms in total. The third-order valence-corrected chi connectivity index (χ3v) is 1.50. The van der Waals surface area contributed by atoms with Crippen molar-refractivity contribution in [1.29, 1.82) is 5.26 Å². The minimum atomic E-state index is 0.560. The standard InChI is InChI=1S/C10H8N2O/c1-13-10-7-8(3-2-6-11)4-5-9(10)12/h4-5,7H,12H2,1H3. The first-order valence-electron chi connectivity index (χ1n) is 3.61. The second-order valence-electron chi connectivity index (χ2n) is 2.32. The third kappa shape index (κ3) is 2.15. The SMILES string of the molecule is COc1cc(C#CC#N)ccc1N. The van der Waals surface area contributed by atoms with Gasteiger partial charge in [0, 0.05) is 11.5 Å². The highest BCUT2D eigenvalue weighted by molar-refractivity contribution is 5.57. The second kappa shape index (κ2) is 4.04. The average molecular weight is 172 g/mol. The van der Waals surface area contributed by atoms with Crippen molar-refractivity contribution in [3.8, 4) is 23.7 Å². The Kier molecular flexibility index (Phi) is 2.78. The van der Waals surface area contributed by atoms with E-state index in [9.17, 15) is 0 Å². The molecule has 0 amide bonds. The maximum absolute atomic E-state index is 8.23. The predicted molar refractivity (Wildman–Crippen MR) is 49.9 cm³/mol. The van der Waals surface area contributed by atoms with Crippen LogP contribution >= 0.6 is 0 Å². The van der Waals surface area contributed by atoms with E-state index in [2.05, 4.69) is 11.8 Å². The number of hydrogen-bond acceptors (Lipinski definition) is 3. The van der Waals surface area contributed by atoms with Gasteiger partial charge < -0.3 is 10.5 Å². The zero-order valence-electron chi connectivity index (χ0n) is 7.16. The first kappa shape index (κ1) is 8.96. The zero-order valence-corrected chi connectivity index (χ0v) is 7.16. The molecule has 3 heteroatoms. The molecule has 0 bridgehead atoms. The van der Waals surface area contributed by atoms with Gasteiger partial charge in [-0.3, -0.25) is 0 Å². The van der Waals surface area contributed by atoms with Crippen molar-refractivity contribution in [1.82, 2.24) is 0 Å². The van der Waals surface area contributed by atoms with E-state index in [1.165, 1.54) is 7.11 Å². The Morgan fingerprint density at radius 1 is 1.46 bits per heavy atom. The van der Waals surface area contributed by atoms with Crippen LogP contribution in [0.15, 0.2) is 18.2 Å². The van der Waals surface area contributed by atoms with Crippen molar-refractivity contribution >= 4 is 5.69 Å². The van der Waals surface area contributed by atoms with Crippen LogP contribution in [-0.4, -0.2) is 7.11 Å². The molecule has 0 atom stereocenters. The lowest BCUT2D eigenvalue weighted by Crippen LogP contribution is -1.92. The van der Waals surface area contributed by atoms with E-state index >= 15 is 0 Å². The van der Waals surface area contributed by atoms with E-state index < -0.39 is 0 Å². The van der Waals surface area contributed by atoms with Gasteiger partial charge in [-0.05, 0) is 18.2 Å². The van der Waals surface area contributed by atoms with E-state index in [4.69, 9.17) is 15.7 Å². The van der Waals surface area contributed by atoms with Crippen LogP contribution < -0.4 is 10.5 Å². The molecule has 0 saturated carbocycles. The molecule has 0 unspecified atom stereocenters. The maximum atomic E-state index is 8.23. The number of anilines is 1. The minimum absolute atomic E-state index is 0.560. The Labute approximate surface area is 76.7 Å². The van der Waals surface area contributed by atoms with Crippen LogP contribution in [0.5, 0.6) is 5.75 Å². The Bertz CT molecular complexity index is 407. The molecule has 0 aliphatic rings. The summed E-state index contributed by atoms with van der Waals surface area (Å²) < 4.78 is 4.99. The molecule has 1 rings (SSSR count). The monoisotopic (exact) mass is 172 g/mol. The molecule has 0 saturated heterocycles. The summed E-state index contributed by atoms with van der Waals surface area (Å²) in [5.41, 5.74) is 6.87. The smallest absolute Gasteiger partial charge is 0.152 e. The van der Waals surface area contributed by atoms with Gasteiger partial charge >= 0.3 is 0 Å². The largest absolute Gasteiger partial charge is 0.495 e. The number of nitrogen functional groups attached to an aromatic ring is 1. The van der Waals surface area contributed by atoms with Crippen molar-refractivity contribution in [3.63, 3.8) is 0 Å². The number of benzene rings is 1. The summed E-state index contributed by atoms with van der Waals surface area (Å²) in [6.45, 7) is 0. The fourth-order valence-corrected chi connectivity index (χ4v) is 0.889. The summed E-state index contributed by atoms with van der Waals surface area (Å²) in [7, 11) is 1.53. The molecule has 2 N–H and O–H groups in total. The van der Waals surface area contributed by atoms with Crippen molar-refractivity contribution in [2.75, 3.05) is 12.8 Å². The molecule has 0 heterocycles. The molecule has 64 valence electrons. The van der Waals surface area contributed by atoms with Gasteiger partial charge in [-0.15, -0.1) is 0 Å². The number of methoxy groups -OCH3 is 1. The number of rotatable bonds is 1. The molecule has 0 aromatic heterocycles. The van der Waals surface area contributed by atoms with Gasteiger partial charge in [0.1, 0.15) is 5.75 Å². The van der Waals surface area contributed by atoms with Gasteiger partial charge in [-0.1, -0.05) is 5.92 Å². The van der Waals surface area contributed by atoms with Gasteiger partial charge in [-0.25, -0.2) is 0 Å². The predicted octanol–water partition coefficient (Wildman–Crippen LogP) is 1.15. The Morgan fingerprint density at radius 2 is 2.23 bits per heavy atom. The van der Waals surface area contributed by atoms with Crippen LogP contribution in [0.2, 0.25) is 0 Å². The van der Waals surface area contributed by atoms with E-state index in [0.717, 1.165) is 0 Å². The van der Waals surface area contributed by atoms with E-state index in [1.807, 2.05) is 0 Å². The molecule has 0 spiro atoms. The molecule has 1 aromatic rings. The fourth-order valence-electron chi connectivity index (χ4n) is 0.889. The molecule has 0 radical (unpaired) electrons. The highest BCUT2D eigenvalue weighted by Crippen LogP contribution is 2.21. The lowest BCUT2D eigenvalue weighted by atomic mass is 10.2. The maximum Gasteiger partial charge on any atom is 0.152 e. The van der Waals surface area contributed by atoms with Crippen molar-refractivity contribution in [2.45, 2.75) is 0 Å². The molecular formula is C10H8N2O. The van der Waals surface area contributed by atoms with E-state index in [-0.39, 0.29) is 0 Å². The van der Waals surface area contributed by atoms with Gasteiger partial charge in [0.15, 0.2) is 6.07 Å². The van der Waals surface area contributed by atoms with Crippen LogP contribution in [0.3, 0.4) is 0 Å². The fraction of sp³-hybridized carbons (Fsp3) is 0.100. The van der Waals surface area contributed by atoms with Gasteiger partial charge in [0.05, 0.1) is 12.8 Å². The molecule has 0 aliphatic carbocycles. The van der Waals surface area contributed by atoms with Crippen LogP contribution in [0.4, 0.5) is 5.69 Å². The summed E-state index contributed by atoms with van der Waals surface area (Å²) in [6, 6.07) is 6.86. The molecule has 1 aromatic carbocycles. The summed E-state index contributed by atoms with van der Waals surface area (Å²) in [5, 5.41) is 8.23. The third-order valence-electron chi connectivity index (χ3n) is 1.50. The lowest BCUT2D eigenvalue weighted by Gasteiger charge is -2.03. The highest BCUT2D eigenvalue weighted by Gasteiger charge is 1.97. The molecule has 0 fully saturated rings. The van der Waals surface area contributed by atoms with E-state index in [0.29, 0.717) is 17.0 Å². The first-order chi connectivity index (χ1) is 6.27. The van der Waals surface area contributed by atoms with Crippen LogP contribution in [0.25, 0.3) is 0 Å². The highest BCUT2D eigenvalue weighted by atomic mass is 16.5. The Hall–Kier alpha value is -2.13. The van der Waals surface area contributed by atoms with Crippen LogP contribution in [0, 0.1) is 23.2 Å².